The van der Waals surface area contributed by atoms with Crippen LogP contribution in [0.5, 0.6) is 5.75 Å². The molecular formula is C31H31N3O5S. The van der Waals surface area contributed by atoms with Crippen LogP contribution >= 0.6 is 0 Å². The van der Waals surface area contributed by atoms with Crippen LogP contribution in [0.3, 0.4) is 0 Å². The van der Waals surface area contributed by atoms with E-state index in [9.17, 15) is 18.0 Å². The Morgan fingerprint density at radius 3 is 2.10 bits per heavy atom. The number of amides is 2. The van der Waals surface area contributed by atoms with E-state index in [1.807, 2.05) is 37.3 Å². The maximum Gasteiger partial charge on any atom is 0.264 e. The molecule has 2 amide bonds. The molecule has 2 N–H and O–H groups in total. The standard InChI is InChI=1S/C31H31N3O5S/c1-2-39-26-17-19-27(20-18-26)40(37,38)34(25-13-7-4-8-14-25)23-30(35)33-29-16-10-9-15-28(29)31(36)32-22-21-24-11-5-3-6-12-24/h3-20H,2,21-23H2,1H3,(H,32,36)(H,33,35). The summed E-state index contributed by atoms with van der Waals surface area (Å²) in [5.74, 6) is -0.388. The second-order valence-corrected chi connectivity index (χ2v) is 10.7. The number of para-hydroxylation sites is 2. The molecule has 0 saturated heterocycles. The van der Waals surface area contributed by atoms with Gasteiger partial charge in [0.15, 0.2) is 0 Å². The van der Waals surface area contributed by atoms with E-state index < -0.39 is 22.5 Å². The van der Waals surface area contributed by atoms with Crippen molar-refractivity contribution >= 4 is 33.2 Å². The zero-order valence-corrected chi connectivity index (χ0v) is 22.9. The van der Waals surface area contributed by atoms with E-state index >= 15 is 0 Å². The SMILES string of the molecule is CCOc1ccc(S(=O)(=O)N(CC(=O)Nc2ccccc2C(=O)NCCc2ccccc2)c2ccccc2)cc1. The van der Waals surface area contributed by atoms with E-state index in [4.69, 9.17) is 4.74 Å². The average Bonchev–Trinajstić information content (AvgIpc) is 2.97. The van der Waals surface area contributed by atoms with Crippen LogP contribution in [0.15, 0.2) is 114 Å². The molecule has 0 atom stereocenters. The molecule has 4 aromatic rings. The number of sulfonamides is 1. The Morgan fingerprint density at radius 1 is 0.800 bits per heavy atom. The van der Waals surface area contributed by atoms with Crippen LogP contribution in [-0.2, 0) is 21.2 Å². The van der Waals surface area contributed by atoms with E-state index in [0.29, 0.717) is 31.0 Å². The molecule has 0 aromatic heterocycles. The van der Waals surface area contributed by atoms with Crippen molar-refractivity contribution in [3.05, 3.63) is 120 Å². The van der Waals surface area contributed by atoms with Crippen molar-refractivity contribution in [2.24, 2.45) is 0 Å². The molecule has 0 aliphatic carbocycles. The predicted octanol–water partition coefficient (Wildman–Crippen LogP) is 4.89. The van der Waals surface area contributed by atoms with Gasteiger partial charge in [-0.1, -0.05) is 60.7 Å². The molecule has 40 heavy (non-hydrogen) atoms. The van der Waals surface area contributed by atoms with Gasteiger partial charge < -0.3 is 15.4 Å². The van der Waals surface area contributed by atoms with Crippen molar-refractivity contribution in [2.45, 2.75) is 18.2 Å². The van der Waals surface area contributed by atoms with Crippen LogP contribution in [0.25, 0.3) is 0 Å². The predicted molar refractivity (Wildman–Crippen MR) is 156 cm³/mol. The minimum atomic E-state index is -4.10. The molecule has 0 bridgehead atoms. The third-order valence-corrected chi connectivity index (χ3v) is 7.83. The number of hydrogen-bond acceptors (Lipinski definition) is 5. The normalized spacial score (nSPS) is 10.9. The number of carbonyl (C=O) groups is 2. The van der Waals surface area contributed by atoms with E-state index in [1.54, 1.807) is 66.7 Å². The summed E-state index contributed by atoms with van der Waals surface area (Å²) in [6, 6.07) is 30.8. The molecule has 4 aromatic carbocycles. The van der Waals surface area contributed by atoms with Gasteiger partial charge in [0, 0.05) is 6.54 Å². The van der Waals surface area contributed by atoms with Gasteiger partial charge in [-0.05, 0) is 67.4 Å². The Balaban J connectivity index is 1.50. The summed E-state index contributed by atoms with van der Waals surface area (Å²) < 4.78 is 33.7. The highest BCUT2D eigenvalue weighted by Gasteiger charge is 2.27. The van der Waals surface area contributed by atoms with Gasteiger partial charge >= 0.3 is 0 Å². The monoisotopic (exact) mass is 557 g/mol. The summed E-state index contributed by atoms with van der Waals surface area (Å²) in [6.07, 6.45) is 0.663. The molecule has 0 fully saturated rings. The average molecular weight is 558 g/mol. The Morgan fingerprint density at radius 2 is 1.43 bits per heavy atom. The zero-order valence-electron chi connectivity index (χ0n) is 22.1. The molecule has 0 saturated carbocycles. The topological polar surface area (TPSA) is 105 Å². The van der Waals surface area contributed by atoms with Gasteiger partial charge in [0.05, 0.1) is 28.4 Å². The third kappa shape index (κ3) is 7.27. The van der Waals surface area contributed by atoms with Gasteiger partial charge in [-0.2, -0.15) is 0 Å². The van der Waals surface area contributed by atoms with Gasteiger partial charge in [-0.3, -0.25) is 13.9 Å². The molecule has 206 valence electrons. The second kappa shape index (κ2) is 13.4. The van der Waals surface area contributed by atoms with Crippen molar-refractivity contribution < 1.29 is 22.7 Å². The van der Waals surface area contributed by atoms with Crippen LogP contribution in [0.4, 0.5) is 11.4 Å². The minimum absolute atomic E-state index is 0.0193. The van der Waals surface area contributed by atoms with Crippen LogP contribution in [0.1, 0.15) is 22.8 Å². The number of ether oxygens (including phenoxy) is 1. The number of nitrogens with one attached hydrogen (secondary N) is 2. The summed E-state index contributed by atoms with van der Waals surface area (Å²) >= 11 is 0. The fraction of sp³-hybridized carbons (Fsp3) is 0.161. The highest BCUT2D eigenvalue weighted by molar-refractivity contribution is 7.92. The van der Waals surface area contributed by atoms with Crippen LogP contribution in [0, 0.1) is 0 Å². The lowest BCUT2D eigenvalue weighted by Gasteiger charge is -2.24. The zero-order chi connectivity index (χ0) is 28.4. The first-order valence-corrected chi connectivity index (χ1v) is 14.3. The summed E-state index contributed by atoms with van der Waals surface area (Å²) in [4.78, 5) is 26.2. The lowest BCUT2D eigenvalue weighted by atomic mass is 10.1. The van der Waals surface area contributed by atoms with Crippen molar-refractivity contribution in [3.8, 4) is 5.75 Å². The van der Waals surface area contributed by atoms with Crippen molar-refractivity contribution in [2.75, 3.05) is 29.3 Å². The van der Waals surface area contributed by atoms with Crippen molar-refractivity contribution in [3.63, 3.8) is 0 Å². The fourth-order valence-electron chi connectivity index (χ4n) is 4.08. The van der Waals surface area contributed by atoms with Gasteiger partial charge in [-0.15, -0.1) is 0 Å². The quantitative estimate of drug-likeness (QED) is 0.258. The van der Waals surface area contributed by atoms with Gasteiger partial charge in [0.2, 0.25) is 5.91 Å². The number of anilines is 2. The summed E-state index contributed by atoms with van der Waals surface area (Å²) in [6.45, 7) is 2.22. The minimum Gasteiger partial charge on any atom is -0.494 e. The molecule has 0 radical (unpaired) electrons. The summed E-state index contributed by atoms with van der Waals surface area (Å²) in [7, 11) is -4.10. The Kier molecular flexibility index (Phi) is 9.53. The maximum atomic E-state index is 13.6. The number of hydrogen-bond donors (Lipinski definition) is 2. The Bertz CT molecular complexity index is 1530. The molecule has 8 nitrogen and oxygen atoms in total. The first kappa shape index (κ1) is 28.4. The van der Waals surface area contributed by atoms with Crippen molar-refractivity contribution in [1.29, 1.82) is 0 Å². The molecular weight excluding hydrogens is 526 g/mol. The van der Waals surface area contributed by atoms with E-state index in [2.05, 4.69) is 10.6 Å². The molecule has 0 aliphatic heterocycles. The fourth-order valence-corrected chi connectivity index (χ4v) is 5.50. The lowest BCUT2D eigenvalue weighted by Crippen LogP contribution is -2.38. The first-order valence-electron chi connectivity index (χ1n) is 12.9. The largest absolute Gasteiger partial charge is 0.494 e. The van der Waals surface area contributed by atoms with Gasteiger partial charge in [0.25, 0.3) is 15.9 Å². The van der Waals surface area contributed by atoms with Crippen LogP contribution in [0.2, 0.25) is 0 Å². The van der Waals surface area contributed by atoms with Crippen LogP contribution < -0.4 is 19.7 Å². The number of rotatable bonds is 12. The maximum absolute atomic E-state index is 13.6. The lowest BCUT2D eigenvalue weighted by molar-refractivity contribution is -0.114. The Hall–Kier alpha value is -4.63. The molecule has 4 rings (SSSR count). The molecule has 9 heteroatoms. The van der Waals surface area contributed by atoms with Gasteiger partial charge in [-0.25, -0.2) is 8.42 Å². The molecule has 0 unspecified atom stereocenters. The summed E-state index contributed by atoms with van der Waals surface area (Å²) in [5.41, 5.74) is 2.00. The molecule has 0 heterocycles. The third-order valence-electron chi connectivity index (χ3n) is 6.04. The van der Waals surface area contributed by atoms with Gasteiger partial charge in [0.1, 0.15) is 12.3 Å². The highest BCUT2D eigenvalue weighted by Crippen LogP contribution is 2.25. The van der Waals surface area contributed by atoms with E-state index in [-0.39, 0.29) is 22.1 Å². The second-order valence-electron chi connectivity index (χ2n) is 8.84. The van der Waals surface area contributed by atoms with E-state index in [1.165, 1.54) is 12.1 Å². The highest BCUT2D eigenvalue weighted by atomic mass is 32.2. The van der Waals surface area contributed by atoms with E-state index in [0.717, 1.165) is 9.87 Å². The molecule has 0 spiro atoms. The smallest absolute Gasteiger partial charge is 0.264 e. The Labute approximate surface area is 234 Å². The van der Waals surface area contributed by atoms with Crippen LogP contribution in [-0.4, -0.2) is 39.9 Å². The number of benzene rings is 4. The molecule has 0 aliphatic rings. The number of carbonyl (C=O) groups excluding carboxylic acids is 2. The first-order chi connectivity index (χ1) is 19.4. The van der Waals surface area contributed by atoms with Crippen molar-refractivity contribution in [1.82, 2.24) is 5.32 Å². The number of nitrogens with zero attached hydrogens (tertiary/aromatic N) is 1. The summed E-state index contributed by atoms with van der Waals surface area (Å²) in [5, 5.41) is 5.60.